The van der Waals surface area contributed by atoms with Crippen LogP contribution in [0.5, 0.6) is 5.75 Å². The number of methoxy groups -OCH3 is 1. The zero-order valence-electron chi connectivity index (χ0n) is 7.67. The minimum absolute atomic E-state index is 0.251. The Balaban J connectivity index is 2.95. The third kappa shape index (κ3) is 1.14. The van der Waals surface area contributed by atoms with E-state index in [1.165, 1.54) is 7.11 Å². The number of nitrogens with one attached hydrogen (secondary N) is 1. The highest BCUT2D eigenvalue weighted by Crippen LogP contribution is 2.18. The highest BCUT2D eigenvalue weighted by Gasteiger charge is 2.11. The molecule has 74 valence electrons. The Bertz CT molecular complexity index is 543. The molecule has 6 heteroatoms. The van der Waals surface area contributed by atoms with E-state index < -0.39 is 0 Å². The van der Waals surface area contributed by atoms with Crippen LogP contribution in [-0.4, -0.2) is 21.7 Å². The molecule has 2 aromatic rings. The summed E-state index contributed by atoms with van der Waals surface area (Å²) in [6.07, 6.45) is 1.62. The molecule has 0 radical (unpaired) electrons. The minimum atomic E-state index is -0.251. The van der Waals surface area contributed by atoms with Crippen LogP contribution >= 0.6 is 15.9 Å². The van der Waals surface area contributed by atoms with Crippen LogP contribution in [0.25, 0.3) is 5.65 Å². The lowest BCUT2D eigenvalue weighted by Gasteiger charge is -2.04. The molecule has 0 aliphatic rings. The molecule has 0 unspecified atom stereocenters. The van der Waals surface area contributed by atoms with Crippen molar-refractivity contribution in [2.75, 3.05) is 7.11 Å². The number of rotatable bonds is 1. The van der Waals surface area contributed by atoms with Crippen molar-refractivity contribution in [3.05, 3.63) is 26.7 Å². The van der Waals surface area contributed by atoms with Gasteiger partial charge in [-0.25, -0.2) is 4.52 Å². The van der Waals surface area contributed by atoms with Crippen LogP contribution < -0.4 is 10.3 Å². The van der Waals surface area contributed by atoms with Crippen molar-refractivity contribution in [1.29, 1.82) is 0 Å². The third-order valence-electron chi connectivity index (χ3n) is 2.01. The number of hydrogen-bond acceptors (Lipinski definition) is 3. The van der Waals surface area contributed by atoms with E-state index in [4.69, 9.17) is 4.74 Å². The van der Waals surface area contributed by atoms with Crippen molar-refractivity contribution in [3.8, 4) is 5.75 Å². The fourth-order valence-electron chi connectivity index (χ4n) is 1.36. The van der Waals surface area contributed by atoms with Crippen molar-refractivity contribution >= 4 is 21.6 Å². The van der Waals surface area contributed by atoms with Crippen LogP contribution in [0, 0.1) is 6.92 Å². The summed E-state index contributed by atoms with van der Waals surface area (Å²) in [7, 11) is 1.46. The van der Waals surface area contributed by atoms with Crippen LogP contribution in [-0.2, 0) is 0 Å². The Hall–Kier alpha value is -1.30. The molecular weight excluding hydrogens is 250 g/mol. The number of hydrogen-bond donors (Lipinski definition) is 1. The number of fused-ring (bicyclic) bond motifs is 1. The number of aromatic amines is 1. The molecule has 2 heterocycles. The van der Waals surface area contributed by atoms with E-state index in [-0.39, 0.29) is 11.3 Å². The number of H-pyrrole nitrogens is 1. The zero-order chi connectivity index (χ0) is 10.3. The molecule has 1 N–H and O–H groups in total. The summed E-state index contributed by atoms with van der Waals surface area (Å²) < 4.78 is 7.34. The van der Waals surface area contributed by atoms with Gasteiger partial charge in [0.2, 0.25) is 5.75 Å². The quantitative estimate of drug-likeness (QED) is 0.833. The number of halogens is 1. The van der Waals surface area contributed by atoms with Gasteiger partial charge in [-0.3, -0.25) is 4.79 Å². The van der Waals surface area contributed by atoms with Crippen LogP contribution in [0.15, 0.2) is 15.5 Å². The Morgan fingerprint density at radius 1 is 1.64 bits per heavy atom. The molecule has 0 aliphatic heterocycles. The van der Waals surface area contributed by atoms with E-state index in [0.717, 1.165) is 4.47 Å². The zero-order valence-corrected chi connectivity index (χ0v) is 9.25. The lowest BCUT2D eigenvalue weighted by Crippen LogP contribution is -2.14. The van der Waals surface area contributed by atoms with Gasteiger partial charge in [0.1, 0.15) is 0 Å². The van der Waals surface area contributed by atoms with E-state index in [9.17, 15) is 4.79 Å². The first-order valence-corrected chi connectivity index (χ1v) is 4.74. The van der Waals surface area contributed by atoms with Crippen molar-refractivity contribution in [3.63, 3.8) is 0 Å². The van der Waals surface area contributed by atoms with E-state index in [1.54, 1.807) is 17.6 Å². The molecule has 0 fully saturated rings. The van der Waals surface area contributed by atoms with E-state index in [1.807, 2.05) is 0 Å². The van der Waals surface area contributed by atoms with Crippen molar-refractivity contribution in [2.45, 2.75) is 6.92 Å². The largest absolute Gasteiger partial charge is 0.490 e. The predicted molar refractivity (Wildman–Crippen MR) is 54.8 cm³/mol. The molecule has 0 amide bonds. The van der Waals surface area contributed by atoms with Gasteiger partial charge in [0, 0.05) is 0 Å². The second-order valence-electron chi connectivity index (χ2n) is 2.83. The molecular formula is C8H8BrN3O2. The number of aryl methyl sites for hydroxylation is 1. The Kier molecular flexibility index (Phi) is 2.07. The van der Waals surface area contributed by atoms with Crippen molar-refractivity contribution in [2.24, 2.45) is 0 Å². The summed E-state index contributed by atoms with van der Waals surface area (Å²) >= 11 is 3.29. The highest BCUT2D eigenvalue weighted by molar-refractivity contribution is 9.10. The molecule has 0 saturated heterocycles. The van der Waals surface area contributed by atoms with E-state index in [2.05, 4.69) is 26.0 Å². The molecule has 0 aromatic carbocycles. The first-order valence-electron chi connectivity index (χ1n) is 3.95. The summed E-state index contributed by atoms with van der Waals surface area (Å²) in [5.41, 5.74) is 1.06. The van der Waals surface area contributed by atoms with Gasteiger partial charge in [-0.05, 0) is 22.9 Å². The third-order valence-corrected chi connectivity index (χ3v) is 2.59. The molecule has 14 heavy (non-hydrogen) atoms. The lowest BCUT2D eigenvalue weighted by atomic mass is 10.4. The maximum absolute atomic E-state index is 11.5. The van der Waals surface area contributed by atoms with E-state index in [0.29, 0.717) is 11.3 Å². The standard InChI is InChI=1S/C8H8BrN3O2/c1-4-6(14-2)8(13)11-7-5(9)3-10-12(4)7/h3H,1-2H3,(H,11,13). The van der Waals surface area contributed by atoms with Gasteiger partial charge < -0.3 is 9.72 Å². The van der Waals surface area contributed by atoms with Gasteiger partial charge in [-0.1, -0.05) is 0 Å². The van der Waals surface area contributed by atoms with E-state index >= 15 is 0 Å². The molecule has 0 aliphatic carbocycles. The molecule has 0 saturated carbocycles. The summed E-state index contributed by atoms with van der Waals surface area (Å²) in [5.74, 6) is 0.285. The van der Waals surface area contributed by atoms with Crippen molar-refractivity contribution < 1.29 is 4.74 Å². The van der Waals surface area contributed by atoms with Crippen LogP contribution in [0.1, 0.15) is 5.69 Å². The molecule has 2 rings (SSSR count). The maximum atomic E-state index is 11.5. The topological polar surface area (TPSA) is 59.4 Å². The monoisotopic (exact) mass is 257 g/mol. The van der Waals surface area contributed by atoms with Crippen LogP contribution in [0.2, 0.25) is 0 Å². The first kappa shape index (κ1) is 9.26. The van der Waals surface area contributed by atoms with Gasteiger partial charge in [0.15, 0.2) is 5.65 Å². The SMILES string of the molecule is COc1c(C)n2ncc(Br)c2[nH]c1=O. The van der Waals surface area contributed by atoms with Crippen molar-refractivity contribution in [1.82, 2.24) is 14.6 Å². The number of aromatic nitrogens is 3. The molecule has 5 nitrogen and oxygen atoms in total. The average Bonchev–Trinajstić information content (AvgIpc) is 2.49. The first-order chi connectivity index (χ1) is 6.65. The molecule has 2 aromatic heterocycles. The number of ether oxygens (including phenoxy) is 1. The van der Waals surface area contributed by atoms with Crippen LogP contribution in [0.4, 0.5) is 0 Å². The molecule has 0 atom stereocenters. The summed E-state index contributed by atoms with van der Waals surface area (Å²) in [4.78, 5) is 14.2. The summed E-state index contributed by atoms with van der Waals surface area (Å²) in [6.45, 7) is 1.78. The molecule has 0 bridgehead atoms. The fourth-order valence-corrected chi connectivity index (χ4v) is 1.72. The normalized spacial score (nSPS) is 10.8. The average molecular weight is 258 g/mol. The second-order valence-corrected chi connectivity index (χ2v) is 3.68. The second kappa shape index (κ2) is 3.13. The van der Waals surface area contributed by atoms with Gasteiger partial charge in [-0.2, -0.15) is 5.10 Å². The Labute approximate surface area is 87.8 Å². The Morgan fingerprint density at radius 2 is 2.36 bits per heavy atom. The predicted octanol–water partition coefficient (Wildman–Crippen LogP) is 1.10. The summed E-state index contributed by atoms with van der Waals surface area (Å²) in [5, 5.41) is 4.09. The molecule has 0 spiro atoms. The smallest absolute Gasteiger partial charge is 0.293 e. The fraction of sp³-hybridized carbons (Fsp3) is 0.250. The van der Waals surface area contributed by atoms with Gasteiger partial charge >= 0.3 is 0 Å². The van der Waals surface area contributed by atoms with Crippen LogP contribution in [0.3, 0.4) is 0 Å². The minimum Gasteiger partial charge on any atom is -0.490 e. The van der Waals surface area contributed by atoms with Gasteiger partial charge in [0.05, 0.1) is 23.5 Å². The maximum Gasteiger partial charge on any atom is 0.293 e. The Morgan fingerprint density at radius 3 is 3.00 bits per heavy atom. The highest BCUT2D eigenvalue weighted by atomic mass is 79.9. The lowest BCUT2D eigenvalue weighted by molar-refractivity contribution is 0.400. The number of nitrogens with zero attached hydrogens (tertiary/aromatic N) is 2. The summed E-state index contributed by atoms with van der Waals surface area (Å²) in [6, 6.07) is 0. The van der Waals surface area contributed by atoms with Gasteiger partial charge in [-0.15, -0.1) is 0 Å². The van der Waals surface area contributed by atoms with Gasteiger partial charge in [0.25, 0.3) is 5.56 Å².